The Labute approximate surface area is 277 Å². The van der Waals surface area contributed by atoms with Crippen molar-refractivity contribution in [3.05, 3.63) is 93.0 Å². The van der Waals surface area contributed by atoms with Gasteiger partial charge in [0.1, 0.15) is 28.4 Å². The highest BCUT2D eigenvalue weighted by Gasteiger charge is 2.65. The number of methoxy groups -OCH3 is 1. The predicted octanol–water partition coefficient (Wildman–Crippen LogP) is 8.06. The zero-order valence-electron chi connectivity index (χ0n) is 25.9. The Balaban J connectivity index is 1.78. The molecular formula is C35H35Cl2F2N3O4. The minimum Gasteiger partial charge on any atom is -0.496 e. The number of carboxylic acids is 1. The normalized spacial score (nSPS) is 23.2. The number of carbonyl (C=O) groups is 2. The first-order valence-corrected chi connectivity index (χ1v) is 15.8. The summed E-state index contributed by atoms with van der Waals surface area (Å²) in [5.41, 5.74) is -1.97. The maximum atomic E-state index is 16.2. The van der Waals surface area contributed by atoms with E-state index in [1.165, 1.54) is 49.6 Å². The average Bonchev–Trinajstić information content (AvgIpc) is 3.77. The van der Waals surface area contributed by atoms with Crippen LogP contribution in [0, 0.1) is 34.3 Å². The van der Waals surface area contributed by atoms with Gasteiger partial charge < -0.3 is 15.2 Å². The summed E-state index contributed by atoms with van der Waals surface area (Å²) in [5.74, 6) is -4.24. The SMILES string of the molecule is COc1cc(NC(=O)[C@H]2[C@H](c3cccc(Cl)c3F)[C@@](C#N)(c3ccc(Cl)cc3F)[C@H](CC(C)(C)C)N2CC2CC2)ccc1C(=O)O. The van der Waals surface area contributed by atoms with E-state index in [4.69, 9.17) is 27.9 Å². The smallest absolute Gasteiger partial charge is 0.339 e. The Hall–Kier alpha value is -3.71. The number of benzene rings is 3. The van der Waals surface area contributed by atoms with E-state index < -0.39 is 46.9 Å². The molecule has 3 aromatic carbocycles. The summed E-state index contributed by atoms with van der Waals surface area (Å²) in [6.45, 7) is 6.43. The number of rotatable bonds is 9. The van der Waals surface area contributed by atoms with Crippen molar-refractivity contribution in [3.63, 3.8) is 0 Å². The fourth-order valence-electron chi connectivity index (χ4n) is 6.82. The van der Waals surface area contributed by atoms with Gasteiger partial charge in [0.05, 0.1) is 24.2 Å². The number of carboxylic acid groups (broad SMARTS) is 1. The van der Waals surface area contributed by atoms with E-state index >= 15 is 8.78 Å². The van der Waals surface area contributed by atoms with Crippen molar-refractivity contribution in [2.45, 2.75) is 63.5 Å². The maximum absolute atomic E-state index is 16.2. The van der Waals surface area contributed by atoms with Gasteiger partial charge in [0.15, 0.2) is 0 Å². The summed E-state index contributed by atoms with van der Waals surface area (Å²) in [4.78, 5) is 28.3. The Morgan fingerprint density at radius 3 is 2.43 bits per heavy atom. The van der Waals surface area contributed by atoms with Gasteiger partial charge in [-0.15, -0.1) is 0 Å². The topological polar surface area (TPSA) is 103 Å². The molecule has 46 heavy (non-hydrogen) atoms. The summed E-state index contributed by atoms with van der Waals surface area (Å²) < 4.78 is 37.6. The second-order valence-corrected chi connectivity index (χ2v) is 14.1. The van der Waals surface area contributed by atoms with E-state index in [1.807, 2.05) is 25.7 Å². The third-order valence-corrected chi connectivity index (χ3v) is 9.43. The molecule has 7 nitrogen and oxygen atoms in total. The summed E-state index contributed by atoms with van der Waals surface area (Å²) in [7, 11) is 1.32. The molecule has 1 saturated heterocycles. The van der Waals surface area contributed by atoms with Gasteiger partial charge in [-0.25, -0.2) is 13.6 Å². The number of nitrogens with one attached hydrogen (secondary N) is 1. The summed E-state index contributed by atoms with van der Waals surface area (Å²) in [5, 5.41) is 23.6. The van der Waals surface area contributed by atoms with Crippen LogP contribution in [0.4, 0.5) is 14.5 Å². The van der Waals surface area contributed by atoms with E-state index in [0.717, 1.165) is 18.9 Å². The quantitative estimate of drug-likeness (QED) is 0.239. The molecule has 5 rings (SSSR count). The molecule has 1 aliphatic heterocycles. The van der Waals surface area contributed by atoms with Gasteiger partial charge in [0.2, 0.25) is 5.91 Å². The standard InChI is InChI=1S/C35H35Cl2F2N3O4/c1-34(2,3)16-28-35(18-40,24-13-10-20(36)14-26(24)38)29(23-6-5-7-25(37)30(23)39)31(42(28)17-19-8-9-19)32(43)41-21-11-12-22(33(44)45)27(15-21)46-4/h5-7,10-15,19,28-29,31H,8-9,16-17H2,1-4H3,(H,41,43)(H,44,45)/t28-,29-,31+,35-/m0/s1. The Kier molecular flexibility index (Phi) is 9.38. The van der Waals surface area contributed by atoms with E-state index in [1.54, 1.807) is 6.07 Å². The van der Waals surface area contributed by atoms with Gasteiger partial charge in [-0.1, -0.05) is 62.2 Å². The summed E-state index contributed by atoms with van der Waals surface area (Å²) >= 11 is 12.5. The first kappa shape index (κ1) is 33.6. The van der Waals surface area contributed by atoms with Crippen molar-refractivity contribution in [1.29, 1.82) is 5.26 Å². The second kappa shape index (κ2) is 12.8. The molecule has 0 bridgehead atoms. The lowest BCUT2D eigenvalue weighted by molar-refractivity contribution is -0.121. The molecule has 11 heteroatoms. The van der Waals surface area contributed by atoms with Gasteiger partial charge in [-0.2, -0.15) is 5.26 Å². The number of nitrogens with zero attached hydrogens (tertiary/aromatic N) is 2. The van der Waals surface area contributed by atoms with Crippen molar-refractivity contribution in [2.24, 2.45) is 11.3 Å². The average molecular weight is 671 g/mol. The Bertz CT molecular complexity index is 1720. The molecule has 4 atom stereocenters. The number of nitriles is 1. The molecule has 2 aliphatic rings. The lowest BCUT2D eigenvalue weighted by Gasteiger charge is -2.39. The molecule has 1 aliphatic carbocycles. The summed E-state index contributed by atoms with van der Waals surface area (Å²) in [6, 6.07) is 13.2. The van der Waals surface area contributed by atoms with Crippen LogP contribution in [0.15, 0.2) is 54.6 Å². The van der Waals surface area contributed by atoms with Gasteiger partial charge >= 0.3 is 5.97 Å². The van der Waals surface area contributed by atoms with Crippen molar-refractivity contribution in [3.8, 4) is 11.8 Å². The van der Waals surface area contributed by atoms with Crippen LogP contribution in [0.2, 0.25) is 10.0 Å². The number of hydrogen-bond acceptors (Lipinski definition) is 5. The van der Waals surface area contributed by atoms with Gasteiger partial charge in [0, 0.05) is 40.8 Å². The number of anilines is 1. The molecule has 1 saturated carbocycles. The van der Waals surface area contributed by atoms with Crippen LogP contribution < -0.4 is 10.1 Å². The van der Waals surface area contributed by atoms with E-state index in [2.05, 4.69) is 11.4 Å². The molecule has 0 radical (unpaired) electrons. The fraction of sp³-hybridized carbons (Fsp3) is 0.400. The molecule has 2 fully saturated rings. The molecule has 3 aromatic rings. The number of amides is 1. The molecule has 0 spiro atoms. The zero-order chi connectivity index (χ0) is 33.6. The van der Waals surface area contributed by atoms with Crippen LogP contribution in [0.3, 0.4) is 0 Å². The minimum atomic E-state index is -1.75. The molecule has 242 valence electrons. The first-order chi connectivity index (χ1) is 21.7. The number of halogens is 4. The lowest BCUT2D eigenvalue weighted by atomic mass is 9.62. The van der Waals surface area contributed by atoms with E-state index in [0.29, 0.717) is 13.0 Å². The van der Waals surface area contributed by atoms with Crippen LogP contribution in [0.1, 0.15) is 67.4 Å². The van der Waals surface area contributed by atoms with Crippen molar-refractivity contribution < 1.29 is 28.2 Å². The van der Waals surface area contributed by atoms with Crippen LogP contribution in [-0.2, 0) is 10.2 Å². The monoisotopic (exact) mass is 669 g/mol. The Morgan fingerprint density at radius 2 is 1.85 bits per heavy atom. The van der Waals surface area contributed by atoms with Crippen molar-refractivity contribution in [1.82, 2.24) is 4.90 Å². The second-order valence-electron chi connectivity index (χ2n) is 13.3. The maximum Gasteiger partial charge on any atom is 0.339 e. The molecule has 1 heterocycles. The van der Waals surface area contributed by atoms with Gasteiger partial charge in [-0.3, -0.25) is 9.69 Å². The molecule has 1 amide bonds. The first-order valence-electron chi connectivity index (χ1n) is 15.0. The van der Waals surface area contributed by atoms with Crippen molar-refractivity contribution >= 4 is 40.8 Å². The molecule has 0 aromatic heterocycles. The predicted molar refractivity (Wildman–Crippen MR) is 173 cm³/mol. The van der Waals surface area contributed by atoms with Crippen molar-refractivity contribution in [2.75, 3.05) is 19.0 Å². The Morgan fingerprint density at radius 1 is 1.13 bits per heavy atom. The number of aromatic carboxylic acids is 1. The fourth-order valence-corrected chi connectivity index (χ4v) is 7.16. The van der Waals surface area contributed by atoms with E-state index in [-0.39, 0.29) is 49.5 Å². The van der Waals surface area contributed by atoms with Crippen LogP contribution in [-0.4, -0.2) is 47.6 Å². The largest absolute Gasteiger partial charge is 0.496 e. The van der Waals surface area contributed by atoms with Crippen LogP contribution in [0.25, 0.3) is 0 Å². The highest BCUT2D eigenvalue weighted by Crippen LogP contribution is 2.57. The van der Waals surface area contributed by atoms with Crippen LogP contribution >= 0.6 is 23.2 Å². The number of carbonyl (C=O) groups excluding carboxylic acids is 1. The van der Waals surface area contributed by atoms with E-state index in [9.17, 15) is 20.0 Å². The van der Waals surface area contributed by atoms with Crippen LogP contribution in [0.5, 0.6) is 5.75 Å². The third kappa shape index (κ3) is 6.31. The third-order valence-electron chi connectivity index (χ3n) is 8.91. The van der Waals surface area contributed by atoms with Gasteiger partial charge in [0.25, 0.3) is 0 Å². The number of ether oxygens (including phenoxy) is 1. The number of likely N-dealkylation sites (tertiary alicyclic amines) is 1. The lowest BCUT2D eigenvalue weighted by Crippen LogP contribution is -2.48. The molecule has 2 N–H and O–H groups in total. The summed E-state index contributed by atoms with van der Waals surface area (Å²) in [6.07, 6.45) is 2.22. The molecular weight excluding hydrogens is 635 g/mol. The highest BCUT2D eigenvalue weighted by molar-refractivity contribution is 6.31. The number of hydrogen-bond donors (Lipinski definition) is 2. The minimum absolute atomic E-state index is 0.0135. The van der Waals surface area contributed by atoms with Gasteiger partial charge in [-0.05, 0) is 66.5 Å². The highest BCUT2D eigenvalue weighted by atomic mass is 35.5. The zero-order valence-corrected chi connectivity index (χ0v) is 27.4. The molecule has 0 unspecified atom stereocenters.